The lowest BCUT2D eigenvalue weighted by atomic mass is 10.2. The molecule has 1 aromatic rings. The minimum atomic E-state index is -0.650. The van der Waals surface area contributed by atoms with Gasteiger partial charge in [0.2, 0.25) is 0 Å². The van der Waals surface area contributed by atoms with Gasteiger partial charge in [-0.25, -0.2) is 0 Å². The van der Waals surface area contributed by atoms with E-state index in [1.165, 1.54) is 12.1 Å². The molecule has 7 nitrogen and oxygen atoms in total. The minimum absolute atomic E-state index is 0.0877. The molecule has 0 saturated heterocycles. The summed E-state index contributed by atoms with van der Waals surface area (Å²) >= 11 is 1.63. The van der Waals surface area contributed by atoms with Gasteiger partial charge in [-0.1, -0.05) is 0 Å². The molecule has 0 saturated carbocycles. The molecule has 0 unspecified atom stereocenters. The van der Waals surface area contributed by atoms with Gasteiger partial charge < -0.3 is 5.32 Å². The molecular formula is C11H15N3O4S. The van der Waals surface area contributed by atoms with Gasteiger partial charge >= 0.3 is 0 Å². The molecule has 0 atom stereocenters. The van der Waals surface area contributed by atoms with Crippen LogP contribution in [0.1, 0.15) is 13.8 Å². The average molecular weight is 285 g/mol. The Kier molecular flexibility index (Phi) is 4.71. The summed E-state index contributed by atoms with van der Waals surface area (Å²) in [7, 11) is 0. The molecule has 0 fully saturated rings. The number of hydrogen-bond donors (Lipinski definition) is 1. The fraction of sp³-hybridized carbons (Fsp3) is 0.455. The summed E-state index contributed by atoms with van der Waals surface area (Å²) in [6.07, 6.45) is 1.95. The predicted molar refractivity (Wildman–Crippen MR) is 75.8 cm³/mol. The Morgan fingerprint density at radius 3 is 2.37 bits per heavy atom. The Labute approximate surface area is 114 Å². The average Bonchev–Trinajstić information content (AvgIpc) is 2.36. The van der Waals surface area contributed by atoms with Gasteiger partial charge in [0.1, 0.15) is 5.69 Å². The van der Waals surface area contributed by atoms with Crippen LogP contribution in [-0.4, -0.2) is 27.4 Å². The van der Waals surface area contributed by atoms with E-state index < -0.39 is 9.85 Å². The fourth-order valence-electron chi connectivity index (χ4n) is 1.31. The number of non-ortho nitro benzene ring substituents is 1. The van der Waals surface area contributed by atoms with Gasteiger partial charge in [0.25, 0.3) is 11.4 Å². The van der Waals surface area contributed by atoms with Gasteiger partial charge in [-0.3, -0.25) is 20.2 Å². The highest BCUT2D eigenvalue weighted by molar-refractivity contribution is 7.99. The Bertz CT molecular complexity index is 505. The van der Waals surface area contributed by atoms with Gasteiger partial charge in [-0.15, -0.1) is 0 Å². The molecule has 104 valence electrons. The molecule has 0 spiro atoms. The predicted octanol–water partition coefficient (Wildman–Crippen LogP) is 3.06. The van der Waals surface area contributed by atoms with Crippen molar-refractivity contribution in [3.8, 4) is 0 Å². The number of anilines is 1. The van der Waals surface area contributed by atoms with Crippen LogP contribution in [0.3, 0.4) is 0 Å². The van der Waals surface area contributed by atoms with E-state index in [1.807, 2.05) is 20.1 Å². The lowest BCUT2D eigenvalue weighted by Gasteiger charge is -2.22. The highest BCUT2D eigenvalue weighted by Gasteiger charge is 2.22. The summed E-state index contributed by atoms with van der Waals surface area (Å²) < 4.78 is -0.0877. The highest BCUT2D eigenvalue weighted by Crippen LogP contribution is 2.30. The largest absolute Gasteiger partial charge is 0.378 e. The molecule has 0 radical (unpaired) electrons. The van der Waals surface area contributed by atoms with Gasteiger partial charge in [0.15, 0.2) is 0 Å². The van der Waals surface area contributed by atoms with Crippen molar-refractivity contribution in [1.82, 2.24) is 0 Å². The number of rotatable bonds is 6. The zero-order chi connectivity index (χ0) is 14.6. The van der Waals surface area contributed by atoms with Crippen LogP contribution in [0.2, 0.25) is 0 Å². The standard InChI is InChI=1S/C11H15N3O4S/c1-11(2,19-3)7-12-9-5-4-8(13(15)16)6-10(9)14(17)18/h4-6,12H,7H2,1-3H3. The maximum Gasteiger partial charge on any atom is 0.299 e. The van der Waals surface area contributed by atoms with E-state index in [4.69, 9.17) is 0 Å². The molecule has 1 N–H and O–H groups in total. The number of nitrogens with zero attached hydrogens (tertiary/aromatic N) is 2. The van der Waals surface area contributed by atoms with Crippen molar-refractivity contribution in [2.24, 2.45) is 0 Å². The van der Waals surface area contributed by atoms with Crippen molar-refractivity contribution in [3.63, 3.8) is 0 Å². The number of nitro groups is 2. The summed E-state index contributed by atoms with van der Waals surface area (Å²) in [5.41, 5.74) is -0.287. The van der Waals surface area contributed by atoms with Crippen molar-refractivity contribution in [2.75, 3.05) is 18.1 Å². The van der Waals surface area contributed by atoms with E-state index in [9.17, 15) is 20.2 Å². The summed E-state index contributed by atoms with van der Waals surface area (Å²) in [6, 6.07) is 3.59. The molecule has 0 aliphatic heterocycles. The Hall–Kier alpha value is -1.83. The third kappa shape index (κ3) is 4.09. The molecule has 1 aromatic carbocycles. The van der Waals surface area contributed by atoms with Gasteiger partial charge in [-0.05, 0) is 26.2 Å². The summed E-state index contributed by atoms with van der Waals surface area (Å²) in [6.45, 7) is 4.52. The van der Waals surface area contributed by atoms with Crippen LogP contribution in [0.4, 0.5) is 17.1 Å². The topological polar surface area (TPSA) is 98.3 Å². The molecule has 0 aromatic heterocycles. The number of benzene rings is 1. The minimum Gasteiger partial charge on any atom is -0.378 e. The van der Waals surface area contributed by atoms with E-state index in [0.29, 0.717) is 6.54 Å². The van der Waals surface area contributed by atoms with Crippen molar-refractivity contribution in [3.05, 3.63) is 38.4 Å². The lowest BCUT2D eigenvalue weighted by Crippen LogP contribution is -2.26. The third-order valence-corrected chi connectivity index (χ3v) is 3.90. The second-order valence-corrected chi connectivity index (χ2v) is 6.05. The number of nitro benzene ring substituents is 2. The monoisotopic (exact) mass is 285 g/mol. The van der Waals surface area contributed by atoms with Crippen LogP contribution in [0.15, 0.2) is 18.2 Å². The van der Waals surface area contributed by atoms with Crippen LogP contribution in [-0.2, 0) is 0 Å². The Morgan fingerprint density at radius 2 is 1.89 bits per heavy atom. The maximum atomic E-state index is 10.9. The molecule has 0 aliphatic carbocycles. The summed E-state index contributed by atoms with van der Waals surface area (Å²) in [5, 5.41) is 24.5. The van der Waals surface area contributed by atoms with Gasteiger partial charge in [-0.2, -0.15) is 11.8 Å². The number of hydrogen-bond acceptors (Lipinski definition) is 6. The van der Waals surface area contributed by atoms with Crippen molar-refractivity contribution < 1.29 is 9.85 Å². The van der Waals surface area contributed by atoms with Crippen molar-refractivity contribution >= 4 is 28.8 Å². The molecule has 0 heterocycles. The zero-order valence-electron chi connectivity index (χ0n) is 10.9. The van der Waals surface area contributed by atoms with E-state index in [1.54, 1.807) is 11.8 Å². The lowest BCUT2D eigenvalue weighted by molar-refractivity contribution is -0.393. The molecule has 0 aliphatic rings. The quantitative estimate of drug-likeness (QED) is 0.637. The van der Waals surface area contributed by atoms with Gasteiger partial charge in [0.05, 0.1) is 15.9 Å². The zero-order valence-corrected chi connectivity index (χ0v) is 11.7. The first-order valence-electron chi connectivity index (χ1n) is 5.49. The molecule has 8 heteroatoms. The van der Waals surface area contributed by atoms with Crippen LogP contribution in [0.25, 0.3) is 0 Å². The normalized spacial score (nSPS) is 11.1. The second kappa shape index (κ2) is 5.87. The highest BCUT2D eigenvalue weighted by atomic mass is 32.2. The van der Waals surface area contributed by atoms with Crippen LogP contribution < -0.4 is 5.32 Å². The first-order chi connectivity index (χ1) is 8.76. The Morgan fingerprint density at radius 1 is 1.26 bits per heavy atom. The van der Waals surface area contributed by atoms with Crippen molar-refractivity contribution in [1.29, 1.82) is 0 Å². The van der Waals surface area contributed by atoms with E-state index in [2.05, 4.69) is 5.32 Å². The third-order valence-electron chi connectivity index (χ3n) is 2.65. The summed E-state index contributed by atoms with van der Waals surface area (Å²) in [4.78, 5) is 20.3. The smallest absolute Gasteiger partial charge is 0.299 e. The van der Waals surface area contributed by atoms with Crippen LogP contribution in [0, 0.1) is 20.2 Å². The van der Waals surface area contributed by atoms with E-state index >= 15 is 0 Å². The SMILES string of the molecule is CSC(C)(C)CNc1ccc([N+](=O)[O-])cc1[N+](=O)[O-]. The molecular weight excluding hydrogens is 270 g/mol. The fourth-order valence-corrected chi connectivity index (χ4v) is 1.53. The van der Waals surface area contributed by atoms with Crippen LogP contribution in [0.5, 0.6) is 0 Å². The van der Waals surface area contributed by atoms with E-state index in [-0.39, 0.29) is 21.8 Å². The maximum absolute atomic E-state index is 10.9. The molecule has 19 heavy (non-hydrogen) atoms. The van der Waals surface area contributed by atoms with Crippen LogP contribution >= 0.6 is 11.8 Å². The molecule has 1 rings (SSSR count). The number of nitrogens with one attached hydrogen (secondary N) is 1. The number of thioether (sulfide) groups is 1. The molecule has 0 bridgehead atoms. The first-order valence-corrected chi connectivity index (χ1v) is 6.71. The van der Waals surface area contributed by atoms with E-state index in [0.717, 1.165) is 6.07 Å². The Balaban J connectivity index is 3.01. The van der Waals surface area contributed by atoms with Crippen molar-refractivity contribution in [2.45, 2.75) is 18.6 Å². The first kappa shape index (κ1) is 15.2. The second-order valence-electron chi connectivity index (χ2n) is 4.53. The summed E-state index contributed by atoms with van der Waals surface area (Å²) in [5.74, 6) is 0. The molecule has 0 amide bonds. The van der Waals surface area contributed by atoms with Gasteiger partial charge in [0, 0.05) is 17.4 Å².